The van der Waals surface area contributed by atoms with Crippen LogP contribution in [0.3, 0.4) is 0 Å². The lowest BCUT2D eigenvalue weighted by Crippen LogP contribution is -2.24. The molecule has 0 bridgehead atoms. The number of nitrogens with one attached hydrogen (secondary N) is 3. The average molecular weight is 368 g/mol. The van der Waals surface area contributed by atoms with E-state index in [1.165, 1.54) is 29.7 Å². The number of hydrogen-bond donors (Lipinski definition) is 3. The Morgan fingerprint density at radius 2 is 1.92 bits per heavy atom. The van der Waals surface area contributed by atoms with E-state index in [0.717, 1.165) is 5.56 Å². The van der Waals surface area contributed by atoms with Crippen molar-refractivity contribution in [2.75, 3.05) is 5.32 Å². The molecule has 2 aromatic heterocycles. The third-order valence-electron chi connectivity index (χ3n) is 3.49. The minimum atomic E-state index is -0.379. The smallest absolute Gasteiger partial charge is 0.258 e. The van der Waals surface area contributed by atoms with Crippen LogP contribution in [0.5, 0.6) is 0 Å². The second-order valence-corrected chi connectivity index (χ2v) is 6.34. The molecular formula is C18H16N4O3S. The number of carbonyl (C=O) groups is 2. The number of hydrogen-bond acceptors (Lipinski definition) is 5. The van der Waals surface area contributed by atoms with E-state index in [-0.39, 0.29) is 23.8 Å². The highest BCUT2D eigenvalue weighted by Crippen LogP contribution is 2.16. The predicted octanol–water partition coefficient (Wildman–Crippen LogP) is 1.94. The maximum atomic E-state index is 12.1. The number of thiazole rings is 1. The van der Waals surface area contributed by atoms with Crippen molar-refractivity contribution >= 4 is 28.3 Å². The van der Waals surface area contributed by atoms with Crippen molar-refractivity contribution in [3.63, 3.8) is 0 Å². The van der Waals surface area contributed by atoms with Crippen molar-refractivity contribution in [2.24, 2.45) is 0 Å². The normalized spacial score (nSPS) is 10.3. The number of H-pyrrole nitrogens is 1. The Morgan fingerprint density at radius 3 is 2.65 bits per heavy atom. The summed E-state index contributed by atoms with van der Waals surface area (Å²) in [4.78, 5) is 41.8. The van der Waals surface area contributed by atoms with Gasteiger partial charge in [-0.05, 0) is 11.6 Å². The van der Waals surface area contributed by atoms with E-state index in [4.69, 9.17) is 0 Å². The minimum Gasteiger partial charge on any atom is -0.352 e. The van der Waals surface area contributed by atoms with Crippen LogP contribution in [0.2, 0.25) is 0 Å². The van der Waals surface area contributed by atoms with Crippen LogP contribution in [-0.2, 0) is 17.8 Å². The standard InChI is InChI=1S/C18H16N4O3S/c23-15-7-6-13(10-20-15)17(25)22-18-21-14(11-26-18)8-16(24)19-9-12-4-2-1-3-5-12/h1-7,10-11H,8-9H2,(H,19,24)(H,20,23)(H,21,22,25). The zero-order chi connectivity index (χ0) is 18.4. The summed E-state index contributed by atoms with van der Waals surface area (Å²) in [5, 5.41) is 7.60. The maximum Gasteiger partial charge on any atom is 0.258 e. The van der Waals surface area contributed by atoms with Crippen molar-refractivity contribution in [1.29, 1.82) is 0 Å². The lowest BCUT2D eigenvalue weighted by molar-refractivity contribution is -0.120. The zero-order valence-electron chi connectivity index (χ0n) is 13.7. The first kappa shape index (κ1) is 17.6. The molecule has 0 atom stereocenters. The maximum absolute atomic E-state index is 12.1. The molecule has 8 heteroatoms. The molecule has 0 fully saturated rings. The first-order chi connectivity index (χ1) is 12.6. The fourth-order valence-electron chi connectivity index (χ4n) is 2.19. The second kappa shape index (κ2) is 8.21. The molecule has 3 rings (SSSR count). The molecule has 0 saturated carbocycles. The van der Waals surface area contributed by atoms with Crippen molar-refractivity contribution in [3.05, 3.63) is 81.2 Å². The van der Waals surface area contributed by atoms with E-state index in [0.29, 0.717) is 22.9 Å². The average Bonchev–Trinajstić information content (AvgIpc) is 3.08. The van der Waals surface area contributed by atoms with Gasteiger partial charge < -0.3 is 10.3 Å². The molecule has 132 valence electrons. The van der Waals surface area contributed by atoms with Crippen molar-refractivity contribution < 1.29 is 9.59 Å². The first-order valence-electron chi connectivity index (χ1n) is 7.85. The Balaban J connectivity index is 1.52. The molecule has 0 radical (unpaired) electrons. The van der Waals surface area contributed by atoms with Crippen LogP contribution < -0.4 is 16.2 Å². The van der Waals surface area contributed by atoms with Crippen molar-refractivity contribution in [3.8, 4) is 0 Å². The zero-order valence-corrected chi connectivity index (χ0v) is 14.5. The lowest BCUT2D eigenvalue weighted by atomic mass is 10.2. The molecule has 7 nitrogen and oxygen atoms in total. The number of aromatic amines is 1. The number of anilines is 1. The molecule has 1 aromatic carbocycles. The van der Waals surface area contributed by atoms with Gasteiger partial charge in [-0.15, -0.1) is 11.3 Å². The number of nitrogens with zero attached hydrogens (tertiary/aromatic N) is 1. The van der Waals surface area contributed by atoms with Crippen LogP contribution in [0.1, 0.15) is 21.6 Å². The van der Waals surface area contributed by atoms with E-state index in [9.17, 15) is 14.4 Å². The molecule has 3 aromatic rings. The molecule has 0 unspecified atom stereocenters. The Morgan fingerprint density at radius 1 is 1.12 bits per heavy atom. The topological polar surface area (TPSA) is 104 Å². The van der Waals surface area contributed by atoms with E-state index in [1.54, 1.807) is 5.38 Å². The van der Waals surface area contributed by atoms with Crippen LogP contribution >= 0.6 is 11.3 Å². The second-order valence-electron chi connectivity index (χ2n) is 5.48. The van der Waals surface area contributed by atoms with E-state index in [2.05, 4.69) is 20.6 Å². The first-order valence-corrected chi connectivity index (χ1v) is 8.73. The summed E-state index contributed by atoms with van der Waals surface area (Å²) < 4.78 is 0. The Bertz CT molecular complexity index is 945. The third kappa shape index (κ3) is 4.87. The van der Waals surface area contributed by atoms with Crippen LogP contribution in [0.4, 0.5) is 5.13 Å². The van der Waals surface area contributed by atoms with Gasteiger partial charge in [-0.3, -0.25) is 19.7 Å². The largest absolute Gasteiger partial charge is 0.352 e. The molecular weight excluding hydrogens is 352 g/mol. The van der Waals surface area contributed by atoms with Gasteiger partial charge >= 0.3 is 0 Å². The fourth-order valence-corrected chi connectivity index (χ4v) is 2.90. The monoisotopic (exact) mass is 368 g/mol. The van der Waals surface area contributed by atoms with Gasteiger partial charge in [0.25, 0.3) is 5.91 Å². The van der Waals surface area contributed by atoms with Gasteiger partial charge in [0.1, 0.15) is 0 Å². The molecule has 0 saturated heterocycles. The van der Waals surface area contributed by atoms with Gasteiger partial charge in [0.05, 0.1) is 17.7 Å². The van der Waals surface area contributed by atoms with Gasteiger partial charge in [-0.25, -0.2) is 4.98 Å². The minimum absolute atomic E-state index is 0.137. The number of amides is 2. The van der Waals surface area contributed by atoms with Crippen LogP contribution in [-0.4, -0.2) is 21.8 Å². The SMILES string of the molecule is O=C(Cc1csc(NC(=O)c2ccc(=O)[nH]c2)n1)NCc1ccccc1. The Hall–Kier alpha value is -3.26. The van der Waals surface area contributed by atoms with E-state index in [1.807, 2.05) is 30.3 Å². The highest BCUT2D eigenvalue weighted by Gasteiger charge is 2.11. The summed E-state index contributed by atoms with van der Waals surface area (Å²) in [5.74, 6) is -0.520. The molecule has 0 aliphatic rings. The quantitative estimate of drug-likeness (QED) is 0.618. The summed E-state index contributed by atoms with van der Waals surface area (Å²) in [6.07, 6.45) is 1.47. The number of pyridine rings is 1. The van der Waals surface area contributed by atoms with E-state index >= 15 is 0 Å². The van der Waals surface area contributed by atoms with E-state index < -0.39 is 0 Å². The Kier molecular flexibility index (Phi) is 5.55. The van der Waals surface area contributed by atoms with Crippen molar-refractivity contribution in [1.82, 2.24) is 15.3 Å². The highest BCUT2D eigenvalue weighted by molar-refractivity contribution is 7.14. The fraction of sp³-hybridized carbons (Fsp3) is 0.111. The summed E-state index contributed by atoms with van der Waals surface area (Å²) in [6.45, 7) is 0.458. The molecule has 0 aliphatic carbocycles. The van der Waals surface area contributed by atoms with Gasteiger partial charge in [-0.2, -0.15) is 0 Å². The summed E-state index contributed by atoms with van der Waals surface area (Å²) in [6, 6.07) is 12.3. The number of benzene rings is 1. The molecule has 2 amide bonds. The molecule has 0 aliphatic heterocycles. The summed E-state index contributed by atoms with van der Waals surface area (Å²) in [7, 11) is 0. The molecule has 0 spiro atoms. The predicted molar refractivity (Wildman–Crippen MR) is 99.1 cm³/mol. The lowest BCUT2D eigenvalue weighted by Gasteiger charge is -2.04. The number of carbonyl (C=O) groups excluding carboxylic acids is 2. The van der Waals surface area contributed by atoms with Gasteiger partial charge in [0, 0.05) is 24.2 Å². The molecule has 26 heavy (non-hydrogen) atoms. The Labute approximate surface area is 153 Å². The number of rotatable bonds is 6. The van der Waals surface area contributed by atoms with Crippen LogP contribution in [0.25, 0.3) is 0 Å². The summed E-state index contributed by atoms with van der Waals surface area (Å²) in [5.41, 5.74) is 1.65. The van der Waals surface area contributed by atoms with Crippen molar-refractivity contribution in [2.45, 2.75) is 13.0 Å². The van der Waals surface area contributed by atoms with Gasteiger partial charge in [-0.1, -0.05) is 30.3 Å². The van der Waals surface area contributed by atoms with Crippen LogP contribution in [0.15, 0.2) is 58.8 Å². The third-order valence-corrected chi connectivity index (χ3v) is 4.30. The van der Waals surface area contributed by atoms with Gasteiger partial charge in [0.2, 0.25) is 11.5 Å². The molecule has 2 heterocycles. The molecule has 3 N–H and O–H groups in total. The van der Waals surface area contributed by atoms with Gasteiger partial charge in [0.15, 0.2) is 5.13 Å². The number of aromatic nitrogens is 2. The van der Waals surface area contributed by atoms with Crippen LogP contribution in [0, 0.1) is 0 Å². The summed E-state index contributed by atoms with van der Waals surface area (Å²) >= 11 is 1.24. The highest BCUT2D eigenvalue weighted by atomic mass is 32.1.